The van der Waals surface area contributed by atoms with E-state index in [9.17, 15) is 9.59 Å². The second-order valence-corrected chi connectivity index (χ2v) is 7.81. The van der Waals surface area contributed by atoms with Crippen molar-refractivity contribution in [2.45, 2.75) is 39.8 Å². The standard InChI is InChI=1S/C23H29N3O2/c1-17-3-7-19(8-4-17)14-25-21(27)13-23(11-12-24-16-23)22(28)26-15-20-9-5-18(2)6-10-20/h3-10,24H,11-16H2,1-2H3,(H,25,27)(H,26,28). The second-order valence-electron chi connectivity index (χ2n) is 7.81. The number of aryl methyl sites for hydroxylation is 2. The maximum atomic E-state index is 12.9. The molecule has 2 amide bonds. The third kappa shape index (κ3) is 5.20. The number of carbonyl (C=O) groups excluding carboxylic acids is 2. The predicted octanol–water partition coefficient (Wildman–Crippen LogP) is 2.61. The van der Waals surface area contributed by atoms with Crippen LogP contribution in [0.25, 0.3) is 0 Å². The number of benzene rings is 2. The fourth-order valence-corrected chi connectivity index (χ4v) is 3.52. The van der Waals surface area contributed by atoms with Crippen molar-refractivity contribution in [2.75, 3.05) is 13.1 Å². The molecule has 1 fully saturated rings. The highest BCUT2D eigenvalue weighted by molar-refractivity contribution is 5.89. The highest BCUT2D eigenvalue weighted by Gasteiger charge is 2.42. The van der Waals surface area contributed by atoms with E-state index in [1.165, 1.54) is 11.1 Å². The summed E-state index contributed by atoms with van der Waals surface area (Å²) in [5, 5.41) is 9.23. The van der Waals surface area contributed by atoms with E-state index in [-0.39, 0.29) is 18.2 Å². The predicted molar refractivity (Wildman–Crippen MR) is 111 cm³/mol. The van der Waals surface area contributed by atoms with Gasteiger partial charge in [0.05, 0.1) is 5.41 Å². The molecule has 1 saturated heterocycles. The molecular weight excluding hydrogens is 350 g/mol. The molecule has 1 heterocycles. The Labute approximate surface area is 166 Å². The summed E-state index contributed by atoms with van der Waals surface area (Å²) in [6.07, 6.45) is 0.871. The van der Waals surface area contributed by atoms with Crippen LogP contribution in [0.5, 0.6) is 0 Å². The van der Waals surface area contributed by atoms with Crippen molar-refractivity contribution in [1.29, 1.82) is 0 Å². The molecule has 3 rings (SSSR count). The molecule has 0 aliphatic carbocycles. The molecule has 0 radical (unpaired) electrons. The fourth-order valence-electron chi connectivity index (χ4n) is 3.52. The minimum Gasteiger partial charge on any atom is -0.352 e. The highest BCUT2D eigenvalue weighted by atomic mass is 16.2. The van der Waals surface area contributed by atoms with Crippen molar-refractivity contribution in [1.82, 2.24) is 16.0 Å². The van der Waals surface area contributed by atoms with Crippen LogP contribution in [-0.4, -0.2) is 24.9 Å². The first-order valence-corrected chi connectivity index (χ1v) is 9.84. The van der Waals surface area contributed by atoms with Crippen molar-refractivity contribution < 1.29 is 9.59 Å². The molecule has 5 heteroatoms. The molecule has 1 unspecified atom stereocenters. The van der Waals surface area contributed by atoms with E-state index < -0.39 is 5.41 Å². The summed E-state index contributed by atoms with van der Waals surface area (Å²) in [6, 6.07) is 16.2. The van der Waals surface area contributed by atoms with E-state index in [4.69, 9.17) is 0 Å². The maximum absolute atomic E-state index is 12.9. The van der Waals surface area contributed by atoms with Gasteiger partial charge in [0.25, 0.3) is 0 Å². The first kappa shape index (κ1) is 20.1. The number of hydrogen-bond acceptors (Lipinski definition) is 3. The van der Waals surface area contributed by atoms with Crippen molar-refractivity contribution in [2.24, 2.45) is 5.41 Å². The molecule has 3 N–H and O–H groups in total. The minimum atomic E-state index is -0.679. The monoisotopic (exact) mass is 379 g/mol. The van der Waals surface area contributed by atoms with E-state index in [0.717, 1.165) is 17.7 Å². The number of nitrogens with one attached hydrogen (secondary N) is 3. The lowest BCUT2D eigenvalue weighted by atomic mass is 9.82. The maximum Gasteiger partial charge on any atom is 0.228 e. The first-order chi connectivity index (χ1) is 13.5. The van der Waals surface area contributed by atoms with Crippen LogP contribution in [0.4, 0.5) is 0 Å². The quantitative estimate of drug-likeness (QED) is 0.693. The average molecular weight is 380 g/mol. The van der Waals surface area contributed by atoms with Gasteiger partial charge in [-0.25, -0.2) is 0 Å². The summed E-state index contributed by atoms with van der Waals surface area (Å²) in [7, 11) is 0. The third-order valence-corrected chi connectivity index (χ3v) is 5.41. The van der Waals surface area contributed by atoms with E-state index in [2.05, 4.69) is 16.0 Å². The number of hydrogen-bond donors (Lipinski definition) is 3. The van der Waals surface area contributed by atoms with E-state index in [1.54, 1.807) is 0 Å². The summed E-state index contributed by atoms with van der Waals surface area (Å²) >= 11 is 0. The van der Waals surface area contributed by atoms with Gasteiger partial charge in [-0.05, 0) is 37.9 Å². The smallest absolute Gasteiger partial charge is 0.228 e. The third-order valence-electron chi connectivity index (χ3n) is 5.41. The number of amides is 2. The Kier molecular flexibility index (Phi) is 6.47. The van der Waals surface area contributed by atoms with Crippen LogP contribution in [0.2, 0.25) is 0 Å². The summed E-state index contributed by atoms with van der Waals surface area (Å²) in [4.78, 5) is 25.5. The normalized spacial score (nSPS) is 18.6. The van der Waals surface area contributed by atoms with Gasteiger partial charge in [0.15, 0.2) is 0 Å². The van der Waals surface area contributed by atoms with Gasteiger partial charge in [-0.1, -0.05) is 59.7 Å². The van der Waals surface area contributed by atoms with Crippen LogP contribution < -0.4 is 16.0 Å². The number of carbonyl (C=O) groups is 2. The van der Waals surface area contributed by atoms with E-state index >= 15 is 0 Å². The van der Waals surface area contributed by atoms with Gasteiger partial charge < -0.3 is 16.0 Å². The first-order valence-electron chi connectivity index (χ1n) is 9.84. The van der Waals surface area contributed by atoms with Crippen LogP contribution in [0, 0.1) is 19.3 Å². The Morgan fingerprint density at radius 3 is 1.93 bits per heavy atom. The minimum absolute atomic E-state index is 0.0523. The Morgan fingerprint density at radius 1 is 0.893 bits per heavy atom. The van der Waals surface area contributed by atoms with Crippen LogP contribution >= 0.6 is 0 Å². The summed E-state index contributed by atoms with van der Waals surface area (Å²) in [5.41, 5.74) is 3.82. The number of rotatable bonds is 7. The molecule has 1 atom stereocenters. The molecular formula is C23H29N3O2. The Bertz CT molecular complexity index is 807. The zero-order chi connectivity index (χ0) is 20.0. The molecule has 0 aromatic heterocycles. The summed E-state index contributed by atoms with van der Waals surface area (Å²) < 4.78 is 0. The van der Waals surface area contributed by atoms with Gasteiger partial charge in [-0.15, -0.1) is 0 Å². The molecule has 148 valence electrons. The summed E-state index contributed by atoms with van der Waals surface area (Å²) in [5.74, 6) is -0.140. The van der Waals surface area contributed by atoms with Gasteiger partial charge >= 0.3 is 0 Å². The van der Waals surface area contributed by atoms with Crippen LogP contribution in [-0.2, 0) is 22.7 Å². The Morgan fingerprint density at radius 2 is 1.43 bits per heavy atom. The SMILES string of the molecule is Cc1ccc(CNC(=O)CC2(C(=O)NCc3ccc(C)cc3)CCNC2)cc1. The van der Waals surface area contributed by atoms with Crippen molar-refractivity contribution >= 4 is 11.8 Å². The molecule has 5 nitrogen and oxygen atoms in total. The lowest BCUT2D eigenvalue weighted by molar-refractivity contribution is -0.135. The van der Waals surface area contributed by atoms with Gasteiger partial charge in [0.2, 0.25) is 11.8 Å². The van der Waals surface area contributed by atoms with Crippen LogP contribution in [0.15, 0.2) is 48.5 Å². The molecule has 2 aromatic carbocycles. The van der Waals surface area contributed by atoms with Gasteiger partial charge in [0.1, 0.15) is 0 Å². The molecule has 28 heavy (non-hydrogen) atoms. The molecule has 0 bridgehead atoms. The van der Waals surface area contributed by atoms with Gasteiger partial charge in [-0.3, -0.25) is 9.59 Å². The van der Waals surface area contributed by atoms with Crippen molar-refractivity contribution in [3.8, 4) is 0 Å². The topological polar surface area (TPSA) is 70.2 Å². The molecule has 2 aromatic rings. The molecule has 0 saturated carbocycles. The molecule has 1 aliphatic heterocycles. The fraction of sp³-hybridized carbons (Fsp3) is 0.391. The lowest BCUT2D eigenvalue weighted by Crippen LogP contribution is -2.45. The van der Waals surface area contributed by atoms with E-state index in [1.807, 2.05) is 62.4 Å². The van der Waals surface area contributed by atoms with Gasteiger partial charge in [-0.2, -0.15) is 0 Å². The van der Waals surface area contributed by atoms with Crippen molar-refractivity contribution in [3.05, 3.63) is 70.8 Å². The van der Waals surface area contributed by atoms with Crippen molar-refractivity contribution in [3.63, 3.8) is 0 Å². The Balaban J connectivity index is 1.56. The Hall–Kier alpha value is -2.66. The molecule has 0 spiro atoms. The largest absolute Gasteiger partial charge is 0.352 e. The second kappa shape index (κ2) is 9.02. The van der Waals surface area contributed by atoms with Crippen LogP contribution in [0.3, 0.4) is 0 Å². The molecule has 1 aliphatic rings. The summed E-state index contributed by atoms with van der Waals surface area (Å²) in [6.45, 7) is 6.32. The van der Waals surface area contributed by atoms with Crippen LogP contribution in [0.1, 0.15) is 35.1 Å². The zero-order valence-corrected chi connectivity index (χ0v) is 16.7. The lowest BCUT2D eigenvalue weighted by Gasteiger charge is -2.26. The van der Waals surface area contributed by atoms with E-state index in [0.29, 0.717) is 26.1 Å². The zero-order valence-electron chi connectivity index (χ0n) is 16.7. The highest BCUT2D eigenvalue weighted by Crippen LogP contribution is 2.30. The van der Waals surface area contributed by atoms with Gasteiger partial charge in [0, 0.05) is 26.1 Å². The average Bonchev–Trinajstić information content (AvgIpc) is 3.16.